The third-order valence-electron chi connectivity index (χ3n) is 8.66. The zero-order chi connectivity index (χ0) is 32.7. The van der Waals surface area contributed by atoms with Crippen LogP contribution in [0.1, 0.15) is 44.7 Å². The summed E-state index contributed by atoms with van der Waals surface area (Å²) in [6, 6.07) is 47.2. The molecule has 0 fully saturated rings. The fourth-order valence-corrected chi connectivity index (χ4v) is 6.21. The van der Waals surface area contributed by atoms with Crippen molar-refractivity contribution in [1.29, 1.82) is 0 Å². The van der Waals surface area contributed by atoms with Gasteiger partial charge in [-0.15, -0.1) is 0 Å². The van der Waals surface area contributed by atoms with Gasteiger partial charge in [-0.2, -0.15) is 10.2 Å². The molecule has 0 aliphatic heterocycles. The molecule has 7 aromatic rings. The summed E-state index contributed by atoms with van der Waals surface area (Å²) in [6.45, 7) is 0. The van der Waals surface area contributed by atoms with Crippen molar-refractivity contribution in [2.45, 2.75) is 25.7 Å². The van der Waals surface area contributed by atoms with Crippen LogP contribution in [0.3, 0.4) is 0 Å². The number of aromatic nitrogens is 4. The summed E-state index contributed by atoms with van der Waals surface area (Å²) < 4.78 is 0. The van der Waals surface area contributed by atoms with Gasteiger partial charge in [-0.25, -0.2) is 0 Å². The number of Topliss-reactive ketones (excluding diaryl/α,β-unsaturated/α-hetero) is 2. The van der Waals surface area contributed by atoms with E-state index in [-0.39, 0.29) is 11.6 Å². The van der Waals surface area contributed by atoms with E-state index in [9.17, 15) is 9.59 Å². The van der Waals surface area contributed by atoms with Gasteiger partial charge in [0.05, 0.1) is 22.8 Å². The van der Waals surface area contributed by atoms with Crippen LogP contribution in [0, 0.1) is 0 Å². The number of nitrogens with one attached hydrogen (secondary N) is 2. The van der Waals surface area contributed by atoms with E-state index < -0.39 is 0 Å². The molecule has 0 radical (unpaired) electrons. The number of rotatable bonds is 12. The Morgan fingerprint density at radius 1 is 0.438 bits per heavy atom. The first-order valence-electron chi connectivity index (χ1n) is 16.2. The molecule has 2 heterocycles. The first kappa shape index (κ1) is 30.5. The van der Waals surface area contributed by atoms with Crippen molar-refractivity contribution in [3.8, 4) is 45.0 Å². The second kappa shape index (κ2) is 14.1. The van der Waals surface area contributed by atoms with E-state index in [0.717, 1.165) is 56.2 Å². The van der Waals surface area contributed by atoms with Gasteiger partial charge in [-0.05, 0) is 30.0 Å². The van der Waals surface area contributed by atoms with Crippen LogP contribution >= 0.6 is 0 Å². The van der Waals surface area contributed by atoms with Crippen LogP contribution in [-0.4, -0.2) is 32.0 Å². The highest BCUT2D eigenvalue weighted by Gasteiger charge is 2.21. The lowest BCUT2D eigenvalue weighted by molar-refractivity contribution is 0.0975. The Hall–Kier alpha value is -6.14. The van der Waals surface area contributed by atoms with Crippen LogP contribution in [0.15, 0.2) is 146 Å². The molecule has 2 aromatic heterocycles. The Labute approximate surface area is 279 Å². The van der Waals surface area contributed by atoms with Crippen LogP contribution in [0.2, 0.25) is 0 Å². The van der Waals surface area contributed by atoms with E-state index in [1.807, 2.05) is 140 Å². The van der Waals surface area contributed by atoms with Gasteiger partial charge in [0.1, 0.15) is 0 Å². The molecule has 5 aromatic carbocycles. The maximum absolute atomic E-state index is 13.2. The maximum atomic E-state index is 13.2. The number of H-pyrrole nitrogens is 2. The molecule has 0 atom stereocenters. The van der Waals surface area contributed by atoms with E-state index in [0.29, 0.717) is 36.8 Å². The SMILES string of the molecule is O=C(CCc1c(-c2cccc(-c3n[nH]c(-c4ccccc4)c3CCC(=O)c3ccccc3)c2)n[nH]c1-c1ccccc1)c1ccccc1. The Kier molecular flexibility index (Phi) is 8.96. The number of hydrogen-bond acceptors (Lipinski definition) is 4. The lowest BCUT2D eigenvalue weighted by Crippen LogP contribution is -2.02. The van der Waals surface area contributed by atoms with Gasteiger partial charge in [0.2, 0.25) is 0 Å². The quantitative estimate of drug-likeness (QED) is 0.132. The van der Waals surface area contributed by atoms with E-state index >= 15 is 0 Å². The minimum Gasteiger partial charge on any atom is -0.294 e. The van der Waals surface area contributed by atoms with Gasteiger partial charge in [0.25, 0.3) is 0 Å². The highest BCUT2D eigenvalue weighted by Crippen LogP contribution is 2.36. The molecule has 0 aliphatic carbocycles. The number of nitrogens with zero attached hydrogens (tertiary/aromatic N) is 2. The average Bonchev–Trinajstić information content (AvgIpc) is 3.79. The fourth-order valence-electron chi connectivity index (χ4n) is 6.21. The third kappa shape index (κ3) is 6.55. The monoisotopic (exact) mass is 626 g/mol. The zero-order valence-electron chi connectivity index (χ0n) is 26.4. The van der Waals surface area contributed by atoms with E-state index in [1.54, 1.807) is 0 Å². The van der Waals surface area contributed by atoms with Crippen molar-refractivity contribution < 1.29 is 9.59 Å². The Balaban J connectivity index is 1.25. The third-order valence-corrected chi connectivity index (χ3v) is 8.66. The van der Waals surface area contributed by atoms with Gasteiger partial charge in [0, 0.05) is 46.2 Å². The fraction of sp³-hybridized carbons (Fsp3) is 0.0952. The molecule has 0 spiro atoms. The molecule has 0 amide bonds. The van der Waals surface area contributed by atoms with Crippen molar-refractivity contribution in [2.75, 3.05) is 0 Å². The van der Waals surface area contributed by atoms with E-state index in [4.69, 9.17) is 10.2 Å². The largest absolute Gasteiger partial charge is 0.294 e. The minimum atomic E-state index is 0.0927. The second-order valence-electron chi connectivity index (χ2n) is 11.7. The summed E-state index contributed by atoms with van der Waals surface area (Å²) in [7, 11) is 0. The molecule has 0 saturated heterocycles. The maximum Gasteiger partial charge on any atom is 0.163 e. The van der Waals surface area contributed by atoms with E-state index in [1.165, 1.54) is 0 Å². The topological polar surface area (TPSA) is 91.5 Å². The Morgan fingerprint density at radius 2 is 0.792 bits per heavy atom. The number of carbonyl (C=O) groups excluding carboxylic acids is 2. The van der Waals surface area contributed by atoms with Crippen molar-refractivity contribution in [2.24, 2.45) is 0 Å². The smallest absolute Gasteiger partial charge is 0.163 e. The summed E-state index contributed by atoms with van der Waals surface area (Å²) in [5.41, 5.74) is 10.7. The van der Waals surface area contributed by atoms with Crippen molar-refractivity contribution in [3.63, 3.8) is 0 Å². The molecule has 0 aliphatic rings. The number of ketones is 2. The lowest BCUT2D eigenvalue weighted by atomic mass is 9.93. The zero-order valence-corrected chi connectivity index (χ0v) is 26.4. The second-order valence-corrected chi connectivity index (χ2v) is 11.7. The van der Waals surface area contributed by atoms with E-state index in [2.05, 4.69) is 16.3 Å². The van der Waals surface area contributed by atoms with Crippen molar-refractivity contribution in [3.05, 3.63) is 168 Å². The van der Waals surface area contributed by atoms with Gasteiger partial charge in [-0.1, -0.05) is 140 Å². The van der Waals surface area contributed by atoms with Gasteiger partial charge >= 0.3 is 0 Å². The molecule has 0 saturated carbocycles. The molecule has 2 N–H and O–H groups in total. The molecular formula is C42H34N4O2. The summed E-state index contributed by atoms with van der Waals surface area (Å²) >= 11 is 0. The first-order chi connectivity index (χ1) is 23.7. The summed E-state index contributed by atoms with van der Waals surface area (Å²) in [5.74, 6) is 0.185. The van der Waals surface area contributed by atoms with Crippen LogP contribution in [-0.2, 0) is 12.8 Å². The number of benzene rings is 5. The van der Waals surface area contributed by atoms with Gasteiger partial charge in [0.15, 0.2) is 11.6 Å². The summed E-state index contributed by atoms with van der Waals surface area (Å²) in [6.07, 6.45) is 1.77. The van der Waals surface area contributed by atoms with Crippen LogP contribution in [0.4, 0.5) is 0 Å². The number of aromatic amines is 2. The molecule has 6 nitrogen and oxygen atoms in total. The normalized spacial score (nSPS) is 11.0. The molecular weight excluding hydrogens is 592 g/mol. The molecule has 0 unspecified atom stereocenters. The van der Waals surface area contributed by atoms with Crippen LogP contribution in [0.5, 0.6) is 0 Å². The highest BCUT2D eigenvalue weighted by molar-refractivity contribution is 5.97. The van der Waals surface area contributed by atoms with Crippen molar-refractivity contribution in [1.82, 2.24) is 20.4 Å². The average molecular weight is 627 g/mol. The number of carbonyl (C=O) groups is 2. The highest BCUT2D eigenvalue weighted by atomic mass is 16.1. The standard InChI is InChI=1S/C42H34N4O2/c47-37(29-14-5-1-6-15-29)26-24-35-39(31-18-9-3-10-19-31)43-45-41(35)33-22-13-23-34(28-33)42-36(25-27-38(48)30-16-7-2-8-17-30)40(44-46-42)32-20-11-4-12-21-32/h1-23,28H,24-27H2,(H,43,45)(H,44,46). The van der Waals surface area contributed by atoms with Crippen molar-refractivity contribution >= 4 is 11.6 Å². The summed E-state index contributed by atoms with van der Waals surface area (Å²) in [4.78, 5) is 26.3. The predicted octanol–water partition coefficient (Wildman–Crippen LogP) is 9.43. The first-order valence-corrected chi connectivity index (χ1v) is 16.2. The van der Waals surface area contributed by atoms with Gasteiger partial charge < -0.3 is 0 Å². The van der Waals surface area contributed by atoms with Crippen LogP contribution < -0.4 is 0 Å². The number of hydrogen-bond donors (Lipinski definition) is 2. The Morgan fingerprint density at radius 3 is 1.19 bits per heavy atom. The predicted molar refractivity (Wildman–Crippen MR) is 191 cm³/mol. The van der Waals surface area contributed by atoms with Crippen LogP contribution in [0.25, 0.3) is 45.0 Å². The molecule has 6 heteroatoms. The molecule has 48 heavy (non-hydrogen) atoms. The minimum absolute atomic E-state index is 0.0927. The molecule has 7 rings (SSSR count). The molecule has 234 valence electrons. The lowest BCUT2D eigenvalue weighted by Gasteiger charge is -2.10. The Bertz CT molecular complexity index is 2000. The summed E-state index contributed by atoms with van der Waals surface area (Å²) in [5, 5.41) is 16.2. The van der Waals surface area contributed by atoms with Gasteiger partial charge in [-0.3, -0.25) is 19.8 Å². The molecule has 0 bridgehead atoms.